The van der Waals surface area contributed by atoms with Crippen molar-refractivity contribution in [2.75, 3.05) is 17.7 Å². The summed E-state index contributed by atoms with van der Waals surface area (Å²) in [5.41, 5.74) is 2.04. The molecule has 1 atom stereocenters. The van der Waals surface area contributed by atoms with Crippen LogP contribution >= 0.6 is 35.0 Å². The van der Waals surface area contributed by atoms with Crippen LogP contribution in [0.5, 0.6) is 5.75 Å². The number of carbonyl (C=O) groups is 3. The van der Waals surface area contributed by atoms with Crippen molar-refractivity contribution in [2.45, 2.75) is 23.5 Å². The summed E-state index contributed by atoms with van der Waals surface area (Å²) in [7, 11) is 1.52. The van der Waals surface area contributed by atoms with Crippen molar-refractivity contribution in [3.05, 3.63) is 124 Å². The maximum atomic E-state index is 13.4. The molecule has 3 N–H and O–H groups in total. The molecule has 0 aliphatic rings. The molecule has 0 fully saturated rings. The highest BCUT2D eigenvalue weighted by atomic mass is 35.5. The molecule has 0 aliphatic carbocycles. The fourth-order valence-electron chi connectivity index (χ4n) is 3.99. The van der Waals surface area contributed by atoms with Gasteiger partial charge in [0.2, 0.25) is 5.91 Å². The molecule has 0 bridgehead atoms. The molecule has 0 heterocycles. The number of rotatable bonds is 11. The Morgan fingerprint density at radius 2 is 1.56 bits per heavy atom. The van der Waals surface area contributed by atoms with Crippen LogP contribution in [-0.4, -0.2) is 30.1 Å². The van der Waals surface area contributed by atoms with Crippen LogP contribution in [-0.2, 0) is 9.59 Å². The lowest BCUT2D eigenvalue weighted by atomic mass is 10.1. The van der Waals surface area contributed by atoms with Gasteiger partial charge in [0.15, 0.2) is 0 Å². The number of carbonyl (C=O) groups excluding carboxylic acids is 3. The first-order valence-corrected chi connectivity index (χ1v) is 15.0. The molecule has 0 radical (unpaired) electrons. The Morgan fingerprint density at radius 1 is 0.837 bits per heavy atom. The average Bonchev–Trinajstić information content (AvgIpc) is 3.01. The first-order chi connectivity index (χ1) is 20.8. The third-order valence-corrected chi connectivity index (χ3v) is 8.18. The SMILES string of the molecule is CCC(Sc1cccc(NC(=O)/C(=C\c2ccccc2Cl)NC(=O)c2ccccc2)c1)C(=O)Nc1ccc(OC)c(Cl)c1. The van der Waals surface area contributed by atoms with Gasteiger partial charge in [-0.25, -0.2) is 0 Å². The molecule has 0 aliphatic heterocycles. The summed E-state index contributed by atoms with van der Waals surface area (Å²) in [4.78, 5) is 40.2. The Labute approximate surface area is 264 Å². The lowest BCUT2D eigenvalue weighted by Crippen LogP contribution is -2.30. The van der Waals surface area contributed by atoms with Gasteiger partial charge in [0.25, 0.3) is 11.8 Å². The molecule has 3 amide bonds. The largest absolute Gasteiger partial charge is 0.495 e. The van der Waals surface area contributed by atoms with Gasteiger partial charge in [0.05, 0.1) is 17.4 Å². The number of thioether (sulfide) groups is 1. The molecule has 4 aromatic rings. The van der Waals surface area contributed by atoms with E-state index in [-0.39, 0.29) is 11.6 Å². The monoisotopic (exact) mass is 633 g/mol. The average molecular weight is 635 g/mol. The van der Waals surface area contributed by atoms with Crippen LogP contribution in [0.25, 0.3) is 6.08 Å². The summed E-state index contributed by atoms with van der Waals surface area (Å²) in [5.74, 6) is -0.637. The Hall–Kier alpha value is -4.24. The van der Waals surface area contributed by atoms with Crippen molar-refractivity contribution in [3.8, 4) is 5.75 Å². The summed E-state index contributed by atoms with van der Waals surface area (Å²) in [6.45, 7) is 1.92. The molecule has 10 heteroatoms. The molecule has 1 unspecified atom stereocenters. The number of benzene rings is 4. The van der Waals surface area contributed by atoms with Gasteiger partial charge in [-0.05, 0) is 72.7 Å². The second-order valence-electron chi connectivity index (χ2n) is 9.23. The zero-order valence-electron chi connectivity index (χ0n) is 23.4. The molecule has 4 rings (SSSR count). The molecule has 220 valence electrons. The smallest absolute Gasteiger partial charge is 0.272 e. The number of anilines is 2. The summed E-state index contributed by atoms with van der Waals surface area (Å²) >= 11 is 13.9. The fraction of sp³-hybridized carbons (Fsp3) is 0.121. The van der Waals surface area contributed by atoms with Gasteiger partial charge < -0.3 is 20.7 Å². The van der Waals surface area contributed by atoms with Gasteiger partial charge in [-0.15, -0.1) is 11.8 Å². The van der Waals surface area contributed by atoms with Gasteiger partial charge >= 0.3 is 0 Å². The first-order valence-electron chi connectivity index (χ1n) is 13.3. The number of ether oxygens (including phenoxy) is 1. The topological polar surface area (TPSA) is 96.5 Å². The van der Waals surface area contributed by atoms with E-state index in [9.17, 15) is 14.4 Å². The van der Waals surface area contributed by atoms with E-state index in [0.717, 1.165) is 4.90 Å². The quantitative estimate of drug-likeness (QED) is 0.115. The molecule has 43 heavy (non-hydrogen) atoms. The molecule has 0 spiro atoms. The fourth-order valence-corrected chi connectivity index (χ4v) is 5.45. The predicted molar refractivity (Wildman–Crippen MR) is 175 cm³/mol. The van der Waals surface area contributed by atoms with Crippen molar-refractivity contribution in [1.29, 1.82) is 0 Å². The maximum absolute atomic E-state index is 13.4. The van der Waals surface area contributed by atoms with Gasteiger partial charge in [0, 0.05) is 26.9 Å². The highest BCUT2D eigenvalue weighted by Gasteiger charge is 2.20. The van der Waals surface area contributed by atoms with E-state index in [1.807, 2.05) is 13.0 Å². The maximum Gasteiger partial charge on any atom is 0.272 e. The molecular weight excluding hydrogens is 605 g/mol. The Morgan fingerprint density at radius 3 is 2.26 bits per heavy atom. The Bertz CT molecular complexity index is 1650. The summed E-state index contributed by atoms with van der Waals surface area (Å²) in [5, 5.41) is 8.88. The van der Waals surface area contributed by atoms with Crippen molar-refractivity contribution < 1.29 is 19.1 Å². The molecule has 0 saturated heterocycles. The van der Waals surface area contributed by atoms with Crippen LogP contribution in [0.2, 0.25) is 10.0 Å². The van der Waals surface area contributed by atoms with Crippen molar-refractivity contribution >= 4 is 70.1 Å². The molecule has 0 saturated carbocycles. The lowest BCUT2D eigenvalue weighted by Gasteiger charge is -2.16. The summed E-state index contributed by atoms with van der Waals surface area (Å²) in [6, 6.07) is 27.8. The number of methoxy groups -OCH3 is 1. The van der Waals surface area contributed by atoms with Crippen LogP contribution in [0.3, 0.4) is 0 Å². The van der Waals surface area contributed by atoms with Gasteiger partial charge in [-0.2, -0.15) is 0 Å². The van der Waals surface area contributed by atoms with Crippen LogP contribution in [0.4, 0.5) is 11.4 Å². The van der Waals surface area contributed by atoms with Crippen molar-refractivity contribution in [3.63, 3.8) is 0 Å². The van der Waals surface area contributed by atoms with Crippen LogP contribution < -0.4 is 20.7 Å². The standard InChI is InChI=1S/C33H29Cl2N3O4S/c1-3-30(33(41)37-24-16-17-29(42-2)27(35)20-24)43-25-14-9-13-23(19-25)36-32(40)28(18-22-12-7-8-15-26(22)34)38-31(39)21-10-5-4-6-11-21/h4-20,30H,3H2,1-2H3,(H,36,40)(H,37,41)(H,38,39)/b28-18+. The van der Waals surface area contributed by atoms with E-state index in [2.05, 4.69) is 16.0 Å². The first kappa shape index (κ1) is 31.7. The van der Waals surface area contributed by atoms with E-state index in [1.165, 1.54) is 24.9 Å². The summed E-state index contributed by atoms with van der Waals surface area (Å²) < 4.78 is 5.17. The predicted octanol–water partition coefficient (Wildman–Crippen LogP) is 7.92. The third kappa shape index (κ3) is 8.88. The highest BCUT2D eigenvalue weighted by Crippen LogP contribution is 2.31. The van der Waals surface area contributed by atoms with Crippen molar-refractivity contribution in [2.24, 2.45) is 0 Å². The second-order valence-corrected chi connectivity index (χ2v) is 11.3. The normalized spacial score (nSPS) is 11.8. The second kappa shape index (κ2) is 15.3. The third-order valence-electron chi connectivity index (χ3n) is 6.19. The number of hydrogen-bond acceptors (Lipinski definition) is 5. The Balaban J connectivity index is 1.49. The minimum Gasteiger partial charge on any atom is -0.495 e. The van der Waals surface area contributed by atoms with Crippen molar-refractivity contribution in [1.82, 2.24) is 5.32 Å². The molecular formula is C33H29Cl2N3O4S. The zero-order chi connectivity index (χ0) is 30.8. The van der Waals surface area contributed by atoms with Crippen LogP contribution in [0.1, 0.15) is 29.3 Å². The van der Waals surface area contributed by atoms with Gasteiger partial charge in [-0.1, -0.05) is 72.6 Å². The summed E-state index contributed by atoms with van der Waals surface area (Å²) in [6.07, 6.45) is 2.09. The molecule has 0 aromatic heterocycles. The van der Waals surface area contributed by atoms with E-state index in [4.69, 9.17) is 27.9 Å². The number of hydrogen-bond donors (Lipinski definition) is 3. The van der Waals surface area contributed by atoms with E-state index in [0.29, 0.717) is 44.7 Å². The minimum absolute atomic E-state index is 0.0176. The molecule has 7 nitrogen and oxygen atoms in total. The van der Waals surface area contributed by atoms with Crippen LogP contribution in [0, 0.1) is 0 Å². The zero-order valence-corrected chi connectivity index (χ0v) is 25.7. The van der Waals surface area contributed by atoms with Gasteiger partial charge in [-0.3, -0.25) is 14.4 Å². The highest BCUT2D eigenvalue weighted by molar-refractivity contribution is 8.00. The van der Waals surface area contributed by atoms with E-state index >= 15 is 0 Å². The van der Waals surface area contributed by atoms with Gasteiger partial charge in [0.1, 0.15) is 11.4 Å². The number of nitrogens with one attached hydrogen (secondary N) is 3. The van der Waals surface area contributed by atoms with Crippen LogP contribution in [0.15, 0.2) is 108 Å². The van der Waals surface area contributed by atoms with E-state index < -0.39 is 17.1 Å². The minimum atomic E-state index is -0.535. The van der Waals surface area contributed by atoms with E-state index in [1.54, 1.807) is 91.0 Å². The lowest BCUT2D eigenvalue weighted by molar-refractivity contribution is -0.116. The number of halogens is 2. The number of amides is 3. The Kier molecular flexibility index (Phi) is 11.3. The molecule has 4 aromatic carbocycles.